The average Bonchev–Trinajstić information content (AvgIpc) is 2.44. The van der Waals surface area contributed by atoms with Crippen molar-refractivity contribution in [1.82, 2.24) is 10.0 Å². The molecule has 0 aromatic heterocycles. The van der Waals surface area contributed by atoms with Crippen LogP contribution in [-0.2, 0) is 16.6 Å². The zero-order valence-electron chi connectivity index (χ0n) is 13.1. The zero-order chi connectivity index (χ0) is 16.6. The minimum absolute atomic E-state index is 0.416. The van der Waals surface area contributed by atoms with Crippen LogP contribution in [0, 0.1) is 0 Å². The fourth-order valence-corrected chi connectivity index (χ4v) is 2.67. The first-order valence-corrected chi connectivity index (χ1v) is 9.29. The molecule has 0 aliphatic rings. The van der Waals surface area contributed by atoms with E-state index in [1.54, 1.807) is 7.11 Å². The second kappa shape index (κ2) is 9.19. The van der Waals surface area contributed by atoms with E-state index in [1.807, 2.05) is 19.1 Å². The zero-order valence-corrected chi connectivity index (χ0v) is 14.7. The molecule has 0 unspecified atom stereocenters. The molecule has 0 heterocycles. The maximum Gasteiger partial charge on any atom is 0.208 e. The predicted molar refractivity (Wildman–Crippen MR) is 88.3 cm³/mol. The number of hydrogen-bond donors (Lipinski definition) is 2. The summed E-state index contributed by atoms with van der Waals surface area (Å²) < 4.78 is 35.0. The van der Waals surface area contributed by atoms with Crippen molar-refractivity contribution >= 4 is 21.6 Å². The number of sulfonamides is 1. The number of hydrogen-bond acceptors (Lipinski definition) is 5. The van der Waals surface area contributed by atoms with Crippen molar-refractivity contribution in [3.05, 3.63) is 22.7 Å². The fraction of sp³-hybridized carbons (Fsp3) is 0.571. The van der Waals surface area contributed by atoms with E-state index in [0.29, 0.717) is 49.2 Å². The lowest BCUT2D eigenvalue weighted by atomic mass is 10.2. The minimum atomic E-state index is -3.11. The van der Waals surface area contributed by atoms with E-state index in [0.717, 1.165) is 11.8 Å². The highest BCUT2D eigenvalue weighted by Crippen LogP contribution is 2.36. The van der Waals surface area contributed by atoms with Crippen molar-refractivity contribution in [2.75, 3.05) is 33.1 Å². The highest BCUT2D eigenvalue weighted by atomic mass is 35.5. The molecule has 0 radical (unpaired) electrons. The first-order valence-electron chi connectivity index (χ1n) is 7.02. The first-order chi connectivity index (χ1) is 10.4. The predicted octanol–water partition coefficient (Wildman–Crippen LogP) is 1.78. The van der Waals surface area contributed by atoms with Crippen LogP contribution in [0.1, 0.15) is 18.9 Å². The van der Waals surface area contributed by atoms with E-state index < -0.39 is 10.0 Å². The molecule has 126 valence electrons. The molecule has 0 aliphatic heterocycles. The van der Waals surface area contributed by atoms with Gasteiger partial charge in [-0.15, -0.1) is 0 Å². The number of nitrogens with one attached hydrogen (secondary N) is 2. The Morgan fingerprint density at radius 1 is 1.27 bits per heavy atom. The first kappa shape index (κ1) is 19.0. The molecule has 1 aromatic rings. The van der Waals surface area contributed by atoms with Crippen molar-refractivity contribution in [3.63, 3.8) is 0 Å². The molecule has 0 amide bonds. The SMILES string of the molecule is CCOc1c(Cl)cc(CNCCCNS(C)(=O)=O)cc1OC. The third kappa shape index (κ3) is 6.83. The van der Waals surface area contributed by atoms with Crippen LogP contribution in [0.2, 0.25) is 5.02 Å². The molecule has 0 spiro atoms. The molecule has 0 aliphatic carbocycles. The monoisotopic (exact) mass is 350 g/mol. The van der Waals surface area contributed by atoms with Crippen LogP contribution in [0.15, 0.2) is 12.1 Å². The summed E-state index contributed by atoms with van der Waals surface area (Å²) >= 11 is 6.20. The summed E-state index contributed by atoms with van der Waals surface area (Å²) in [4.78, 5) is 0. The van der Waals surface area contributed by atoms with Crippen LogP contribution in [0.3, 0.4) is 0 Å². The Balaban J connectivity index is 2.48. The Morgan fingerprint density at radius 2 is 2.00 bits per heavy atom. The lowest BCUT2D eigenvalue weighted by Gasteiger charge is -2.13. The Kier molecular flexibility index (Phi) is 7.95. The number of halogens is 1. The Labute approximate surface area is 137 Å². The minimum Gasteiger partial charge on any atom is -0.493 e. The second-order valence-electron chi connectivity index (χ2n) is 4.74. The Bertz CT molecular complexity index is 578. The van der Waals surface area contributed by atoms with Crippen LogP contribution < -0.4 is 19.5 Å². The molecule has 0 atom stereocenters. The van der Waals surface area contributed by atoms with Gasteiger partial charge >= 0.3 is 0 Å². The van der Waals surface area contributed by atoms with Gasteiger partial charge in [-0.3, -0.25) is 0 Å². The molecular formula is C14H23ClN2O4S. The number of methoxy groups -OCH3 is 1. The van der Waals surface area contributed by atoms with Crippen molar-refractivity contribution in [2.24, 2.45) is 0 Å². The van der Waals surface area contributed by atoms with E-state index >= 15 is 0 Å². The molecule has 0 fully saturated rings. The summed E-state index contributed by atoms with van der Waals surface area (Å²) in [6.45, 7) is 4.12. The molecule has 6 nitrogen and oxygen atoms in total. The molecule has 0 saturated heterocycles. The van der Waals surface area contributed by atoms with E-state index in [-0.39, 0.29) is 0 Å². The maximum absolute atomic E-state index is 10.9. The van der Waals surface area contributed by atoms with Gasteiger partial charge in [-0.05, 0) is 37.6 Å². The standard InChI is InChI=1S/C14H23ClN2O4S/c1-4-21-14-12(15)8-11(9-13(14)20-2)10-16-6-5-7-17-22(3,18)19/h8-9,16-17H,4-7,10H2,1-3H3. The summed E-state index contributed by atoms with van der Waals surface area (Å²) in [7, 11) is -1.54. The van der Waals surface area contributed by atoms with Crippen molar-refractivity contribution in [2.45, 2.75) is 19.9 Å². The Hall–Kier alpha value is -1.02. The highest BCUT2D eigenvalue weighted by molar-refractivity contribution is 7.88. The van der Waals surface area contributed by atoms with Crippen molar-refractivity contribution in [3.8, 4) is 11.5 Å². The molecule has 2 N–H and O–H groups in total. The molecular weight excluding hydrogens is 328 g/mol. The molecule has 22 heavy (non-hydrogen) atoms. The van der Waals surface area contributed by atoms with Gasteiger partial charge in [0, 0.05) is 13.1 Å². The normalized spacial score (nSPS) is 11.5. The smallest absolute Gasteiger partial charge is 0.208 e. The Morgan fingerprint density at radius 3 is 2.59 bits per heavy atom. The molecule has 8 heteroatoms. The summed E-state index contributed by atoms with van der Waals surface area (Å²) in [5.41, 5.74) is 0.973. The van der Waals surface area contributed by atoms with Gasteiger partial charge in [-0.25, -0.2) is 13.1 Å². The van der Waals surface area contributed by atoms with E-state index in [9.17, 15) is 8.42 Å². The lowest BCUT2D eigenvalue weighted by molar-refractivity contribution is 0.311. The largest absolute Gasteiger partial charge is 0.493 e. The van der Waals surface area contributed by atoms with Crippen LogP contribution in [0.4, 0.5) is 0 Å². The third-order valence-corrected chi connectivity index (χ3v) is 3.81. The van der Waals surface area contributed by atoms with E-state index in [2.05, 4.69) is 10.0 Å². The van der Waals surface area contributed by atoms with Gasteiger partial charge in [-0.1, -0.05) is 11.6 Å². The highest BCUT2D eigenvalue weighted by Gasteiger charge is 2.11. The van der Waals surface area contributed by atoms with Gasteiger partial charge < -0.3 is 14.8 Å². The fourth-order valence-electron chi connectivity index (χ4n) is 1.86. The van der Waals surface area contributed by atoms with Crippen LogP contribution in [0.5, 0.6) is 11.5 Å². The number of ether oxygens (including phenoxy) is 2. The summed E-state index contributed by atoms with van der Waals surface area (Å²) in [6.07, 6.45) is 1.85. The molecule has 0 saturated carbocycles. The van der Waals surface area contributed by atoms with Gasteiger partial charge in [0.1, 0.15) is 0 Å². The summed E-state index contributed by atoms with van der Waals surface area (Å²) in [6, 6.07) is 3.70. The number of benzene rings is 1. The van der Waals surface area contributed by atoms with Gasteiger partial charge in [0.15, 0.2) is 11.5 Å². The maximum atomic E-state index is 10.9. The molecule has 1 rings (SSSR count). The van der Waals surface area contributed by atoms with E-state index in [1.165, 1.54) is 0 Å². The van der Waals surface area contributed by atoms with Gasteiger partial charge in [0.2, 0.25) is 10.0 Å². The summed E-state index contributed by atoms with van der Waals surface area (Å²) in [5.74, 6) is 1.15. The lowest BCUT2D eigenvalue weighted by Crippen LogP contribution is -2.26. The van der Waals surface area contributed by atoms with Crippen LogP contribution in [-0.4, -0.2) is 41.5 Å². The van der Waals surface area contributed by atoms with Gasteiger partial charge in [0.05, 0.1) is 25.0 Å². The van der Waals surface area contributed by atoms with Crippen molar-refractivity contribution in [1.29, 1.82) is 0 Å². The van der Waals surface area contributed by atoms with Gasteiger partial charge in [0.25, 0.3) is 0 Å². The van der Waals surface area contributed by atoms with Gasteiger partial charge in [-0.2, -0.15) is 0 Å². The van der Waals surface area contributed by atoms with Crippen LogP contribution >= 0.6 is 11.6 Å². The molecule has 1 aromatic carbocycles. The average molecular weight is 351 g/mol. The van der Waals surface area contributed by atoms with E-state index in [4.69, 9.17) is 21.1 Å². The number of rotatable bonds is 10. The van der Waals surface area contributed by atoms with Crippen LogP contribution in [0.25, 0.3) is 0 Å². The third-order valence-electron chi connectivity index (χ3n) is 2.80. The second-order valence-corrected chi connectivity index (χ2v) is 6.98. The quantitative estimate of drug-likeness (QED) is 0.629. The van der Waals surface area contributed by atoms with Crippen molar-refractivity contribution < 1.29 is 17.9 Å². The summed E-state index contributed by atoms with van der Waals surface area (Å²) in [5, 5.41) is 3.74. The molecule has 0 bridgehead atoms. The topological polar surface area (TPSA) is 76.7 Å².